The molecule has 2 atom stereocenters. The van der Waals surface area contributed by atoms with Crippen LogP contribution in [0, 0.1) is 11.8 Å². The minimum atomic E-state index is 0.269. The molecule has 62 valence electrons. The van der Waals surface area contributed by atoms with E-state index in [2.05, 4.69) is 13.5 Å². The fourth-order valence-corrected chi connectivity index (χ4v) is 1.69. The molecular weight excluding hydrogens is 136 g/mol. The Labute approximate surface area is 68.5 Å². The van der Waals surface area contributed by atoms with Gasteiger partial charge in [0.25, 0.3) is 0 Å². The summed E-state index contributed by atoms with van der Waals surface area (Å²) in [4.78, 5) is 11.1. The summed E-state index contributed by atoms with van der Waals surface area (Å²) in [5.41, 5.74) is 1.24. The van der Waals surface area contributed by atoms with Gasteiger partial charge in [-0.3, -0.25) is 4.79 Å². The Kier molecular flexibility index (Phi) is 2.48. The summed E-state index contributed by atoms with van der Waals surface area (Å²) >= 11 is 0. The number of carbonyl (C=O) groups excluding carboxylic acids is 1. The van der Waals surface area contributed by atoms with Gasteiger partial charge in [0.05, 0.1) is 0 Å². The van der Waals surface area contributed by atoms with Crippen molar-refractivity contribution in [1.29, 1.82) is 0 Å². The van der Waals surface area contributed by atoms with E-state index in [-0.39, 0.29) is 5.92 Å². The van der Waals surface area contributed by atoms with Crippen molar-refractivity contribution in [3.63, 3.8) is 0 Å². The maximum absolute atomic E-state index is 11.1. The number of allylic oxidation sites excluding steroid dienone is 1. The molecule has 0 spiro atoms. The van der Waals surface area contributed by atoms with Crippen molar-refractivity contribution < 1.29 is 4.79 Å². The van der Waals surface area contributed by atoms with Crippen molar-refractivity contribution in [3.05, 3.63) is 12.2 Å². The zero-order valence-corrected chi connectivity index (χ0v) is 7.39. The summed E-state index contributed by atoms with van der Waals surface area (Å²) in [7, 11) is 0. The van der Waals surface area contributed by atoms with E-state index in [4.69, 9.17) is 0 Å². The van der Waals surface area contributed by atoms with Crippen molar-refractivity contribution in [2.45, 2.75) is 33.1 Å². The Bertz CT molecular complexity index is 181. The third-order valence-corrected chi connectivity index (χ3v) is 2.62. The first-order valence-electron chi connectivity index (χ1n) is 4.29. The first-order chi connectivity index (χ1) is 5.11. The minimum absolute atomic E-state index is 0.269. The standard InChI is InChI=1S/C10H16O/c1-7(2)9-4-5-10(11)8(3)6-9/h8-9H,1,4-6H2,2-3H3. The summed E-state index contributed by atoms with van der Waals surface area (Å²) < 4.78 is 0. The molecule has 0 amide bonds. The lowest BCUT2D eigenvalue weighted by Gasteiger charge is -2.25. The molecule has 0 aromatic carbocycles. The second-order valence-electron chi connectivity index (χ2n) is 3.69. The lowest BCUT2D eigenvalue weighted by Crippen LogP contribution is -2.22. The van der Waals surface area contributed by atoms with Gasteiger partial charge < -0.3 is 0 Å². The van der Waals surface area contributed by atoms with E-state index in [0.29, 0.717) is 11.7 Å². The maximum Gasteiger partial charge on any atom is 0.135 e. The molecule has 1 aliphatic rings. The molecule has 1 rings (SSSR count). The Morgan fingerprint density at radius 1 is 1.64 bits per heavy atom. The van der Waals surface area contributed by atoms with Crippen LogP contribution in [-0.4, -0.2) is 5.78 Å². The highest BCUT2D eigenvalue weighted by Crippen LogP contribution is 2.30. The minimum Gasteiger partial charge on any atom is -0.299 e. The molecule has 0 bridgehead atoms. The molecule has 0 aromatic rings. The Balaban J connectivity index is 2.52. The van der Waals surface area contributed by atoms with Crippen molar-refractivity contribution in [1.82, 2.24) is 0 Å². The predicted molar refractivity (Wildman–Crippen MR) is 46.3 cm³/mol. The van der Waals surface area contributed by atoms with Gasteiger partial charge in [0.15, 0.2) is 0 Å². The highest BCUT2D eigenvalue weighted by molar-refractivity contribution is 5.81. The van der Waals surface area contributed by atoms with E-state index in [1.165, 1.54) is 5.57 Å². The van der Waals surface area contributed by atoms with Crippen LogP contribution in [0.1, 0.15) is 33.1 Å². The third kappa shape index (κ3) is 1.92. The van der Waals surface area contributed by atoms with Gasteiger partial charge in [-0.2, -0.15) is 0 Å². The summed E-state index contributed by atoms with van der Waals surface area (Å²) in [6, 6.07) is 0. The van der Waals surface area contributed by atoms with Gasteiger partial charge in [0.2, 0.25) is 0 Å². The average Bonchev–Trinajstić information content (AvgIpc) is 1.94. The van der Waals surface area contributed by atoms with Crippen LogP contribution in [0.2, 0.25) is 0 Å². The number of carbonyl (C=O) groups is 1. The van der Waals surface area contributed by atoms with Gasteiger partial charge in [-0.15, -0.1) is 0 Å². The molecule has 1 aliphatic carbocycles. The van der Waals surface area contributed by atoms with E-state index >= 15 is 0 Å². The Morgan fingerprint density at radius 3 is 2.73 bits per heavy atom. The molecule has 0 aliphatic heterocycles. The molecule has 11 heavy (non-hydrogen) atoms. The van der Waals surface area contributed by atoms with Gasteiger partial charge in [-0.05, 0) is 25.7 Å². The van der Waals surface area contributed by atoms with E-state index in [1.807, 2.05) is 6.92 Å². The van der Waals surface area contributed by atoms with Crippen LogP contribution < -0.4 is 0 Å². The highest BCUT2D eigenvalue weighted by atomic mass is 16.1. The zero-order chi connectivity index (χ0) is 8.43. The van der Waals surface area contributed by atoms with Crippen LogP contribution in [0.4, 0.5) is 0 Å². The van der Waals surface area contributed by atoms with Gasteiger partial charge in [-0.25, -0.2) is 0 Å². The lowest BCUT2D eigenvalue weighted by atomic mass is 9.79. The van der Waals surface area contributed by atoms with Crippen LogP contribution in [-0.2, 0) is 4.79 Å². The van der Waals surface area contributed by atoms with E-state index in [9.17, 15) is 4.79 Å². The molecule has 1 heteroatoms. The van der Waals surface area contributed by atoms with Crippen LogP contribution in [0.5, 0.6) is 0 Å². The first-order valence-corrected chi connectivity index (χ1v) is 4.29. The smallest absolute Gasteiger partial charge is 0.135 e. The van der Waals surface area contributed by atoms with Gasteiger partial charge in [0.1, 0.15) is 5.78 Å². The molecule has 1 nitrogen and oxygen atoms in total. The third-order valence-electron chi connectivity index (χ3n) is 2.62. The number of Topliss-reactive ketones (excluding diaryl/α,β-unsaturated/α-hetero) is 1. The molecule has 1 fully saturated rings. The number of ketones is 1. The Hall–Kier alpha value is -0.590. The summed E-state index contributed by atoms with van der Waals surface area (Å²) in [6.45, 7) is 8.01. The van der Waals surface area contributed by atoms with E-state index in [1.54, 1.807) is 0 Å². The molecule has 1 saturated carbocycles. The molecule has 0 radical (unpaired) electrons. The van der Waals surface area contributed by atoms with E-state index in [0.717, 1.165) is 19.3 Å². The van der Waals surface area contributed by atoms with E-state index < -0.39 is 0 Å². The molecule has 0 saturated heterocycles. The monoisotopic (exact) mass is 152 g/mol. The predicted octanol–water partition coefficient (Wildman–Crippen LogP) is 2.57. The summed E-state index contributed by atoms with van der Waals surface area (Å²) in [6.07, 6.45) is 2.81. The van der Waals surface area contributed by atoms with Crippen LogP contribution >= 0.6 is 0 Å². The van der Waals surface area contributed by atoms with Crippen molar-refractivity contribution in [2.75, 3.05) is 0 Å². The molecular formula is C10H16O. The number of rotatable bonds is 1. The largest absolute Gasteiger partial charge is 0.299 e. The molecule has 2 unspecified atom stereocenters. The lowest BCUT2D eigenvalue weighted by molar-refractivity contribution is -0.124. The Morgan fingerprint density at radius 2 is 2.27 bits per heavy atom. The maximum atomic E-state index is 11.1. The number of hydrogen-bond donors (Lipinski definition) is 0. The normalized spacial score (nSPS) is 32.0. The van der Waals surface area contributed by atoms with Crippen LogP contribution in [0.3, 0.4) is 0 Å². The topological polar surface area (TPSA) is 17.1 Å². The fourth-order valence-electron chi connectivity index (χ4n) is 1.69. The average molecular weight is 152 g/mol. The molecule has 0 aromatic heterocycles. The zero-order valence-electron chi connectivity index (χ0n) is 7.39. The SMILES string of the molecule is C=C(C)C1CCC(=O)C(C)C1. The van der Waals surface area contributed by atoms with Gasteiger partial charge >= 0.3 is 0 Å². The van der Waals surface area contributed by atoms with Gasteiger partial charge in [0, 0.05) is 12.3 Å². The first kappa shape index (κ1) is 8.51. The second-order valence-corrected chi connectivity index (χ2v) is 3.69. The van der Waals surface area contributed by atoms with Crippen LogP contribution in [0.15, 0.2) is 12.2 Å². The van der Waals surface area contributed by atoms with Crippen molar-refractivity contribution >= 4 is 5.78 Å². The van der Waals surface area contributed by atoms with Crippen LogP contribution in [0.25, 0.3) is 0 Å². The second kappa shape index (κ2) is 3.21. The van der Waals surface area contributed by atoms with Crippen molar-refractivity contribution in [2.24, 2.45) is 11.8 Å². The summed E-state index contributed by atoms with van der Waals surface area (Å²) in [5, 5.41) is 0. The van der Waals surface area contributed by atoms with Crippen molar-refractivity contribution in [3.8, 4) is 0 Å². The summed E-state index contributed by atoms with van der Waals surface area (Å²) in [5.74, 6) is 1.30. The highest BCUT2D eigenvalue weighted by Gasteiger charge is 2.25. The number of hydrogen-bond acceptors (Lipinski definition) is 1. The fraction of sp³-hybridized carbons (Fsp3) is 0.700. The van der Waals surface area contributed by atoms with Gasteiger partial charge in [-0.1, -0.05) is 19.1 Å². The quantitative estimate of drug-likeness (QED) is 0.528. The molecule has 0 heterocycles. The molecule has 0 N–H and O–H groups in total.